The maximum Gasteiger partial charge on any atom is 0.254 e. The minimum absolute atomic E-state index is 0.250. The van der Waals surface area contributed by atoms with Crippen LogP contribution in [0.4, 0.5) is 23.4 Å². The normalized spacial score (nSPS) is 13.7. The number of rotatable bonds is 7. The molecule has 2 atom stereocenters. The third-order valence-corrected chi connectivity index (χ3v) is 6.10. The summed E-state index contributed by atoms with van der Waals surface area (Å²) in [5, 5.41) is 19.7. The Morgan fingerprint density at radius 3 is 2.13 bits per heavy atom. The Kier molecular flexibility index (Phi) is 8.02. The monoisotopic (exact) mass is 534 g/mol. The number of carbonyl (C=O) groups excluding carboxylic acids is 2. The number of amides is 2. The van der Waals surface area contributed by atoms with Crippen molar-refractivity contribution in [1.82, 2.24) is 15.1 Å². The predicted molar refractivity (Wildman–Crippen MR) is 133 cm³/mol. The maximum absolute atomic E-state index is 14.0. The summed E-state index contributed by atoms with van der Waals surface area (Å²) in [5.41, 5.74) is -1.38. The molecular weight excluding hydrogens is 504 g/mol. The highest BCUT2D eigenvalue weighted by atomic mass is 19.2. The van der Waals surface area contributed by atoms with Crippen molar-refractivity contribution >= 4 is 17.6 Å². The molecule has 204 valence electrons. The zero-order chi connectivity index (χ0) is 28.6. The van der Waals surface area contributed by atoms with Gasteiger partial charge in [0, 0.05) is 23.1 Å². The van der Waals surface area contributed by atoms with E-state index in [2.05, 4.69) is 15.7 Å². The van der Waals surface area contributed by atoms with E-state index in [0.717, 1.165) is 24.3 Å². The van der Waals surface area contributed by atoms with Crippen LogP contribution in [0.5, 0.6) is 0 Å². The van der Waals surface area contributed by atoms with E-state index in [1.54, 1.807) is 19.9 Å². The van der Waals surface area contributed by atoms with Gasteiger partial charge in [-0.25, -0.2) is 22.2 Å². The highest BCUT2D eigenvalue weighted by molar-refractivity contribution is 5.97. The van der Waals surface area contributed by atoms with E-state index >= 15 is 0 Å². The van der Waals surface area contributed by atoms with Crippen LogP contribution in [0.1, 0.15) is 64.5 Å². The van der Waals surface area contributed by atoms with Gasteiger partial charge in [0.15, 0.2) is 17.7 Å². The third-order valence-electron chi connectivity index (χ3n) is 6.10. The van der Waals surface area contributed by atoms with Gasteiger partial charge in [-0.2, -0.15) is 5.10 Å². The van der Waals surface area contributed by atoms with Gasteiger partial charge in [0.25, 0.3) is 5.91 Å². The van der Waals surface area contributed by atoms with Crippen molar-refractivity contribution in [2.45, 2.75) is 64.6 Å². The highest BCUT2D eigenvalue weighted by Gasteiger charge is 2.32. The van der Waals surface area contributed by atoms with Gasteiger partial charge in [-0.15, -0.1) is 0 Å². The van der Waals surface area contributed by atoms with Crippen LogP contribution < -0.4 is 10.6 Å². The second-order valence-electron chi connectivity index (χ2n) is 10.5. The zero-order valence-electron chi connectivity index (χ0n) is 21.9. The quantitative estimate of drug-likeness (QED) is 0.383. The second kappa shape index (κ2) is 10.6. The van der Waals surface area contributed by atoms with E-state index in [1.807, 2.05) is 20.8 Å². The molecule has 3 aromatic rings. The van der Waals surface area contributed by atoms with Gasteiger partial charge in [0.1, 0.15) is 23.5 Å². The van der Waals surface area contributed by atoms with Crippen LogP contribution in [0.2, 0.25) is 0 Å². The van der Waals surface area contributed by atoms with Crippen LogP contribution in [0.3, 0.4) is 0 Å². The summed E-state index contributed by atoms with van der Waals surface area (Å²) in [6.45, 7) is 10.3. The molecule has 0 spiro atoms. The van der Waals surface area contributed by atoms with Crippen LogP contribution >= 0.6 is 0 Å². The minimum Gasteiger partial charge on any atom is -0.378 e. The highest BCUT2D eigenvalue weighted by Crippen LogP contribution is 2.34. The number of carbonyl (C=O) groups is 2. The molecule has 0 saturated carbocycles. The van der Waals surface area contributed by atoms with Crippen LogP contribution in [-0.4, -0.2) is 32.7 Å². The maximum atomic E-state index is 14.0. The molecule has 0 unspecified atom stereocenters. The molecule has 38 heavy (non-hydrogen) atoms. The van der Waals surface area contributed by atoms with Crippen molar-refractivity contribution in [2.24, 2.45) is 0 Å². The number of benzene rings is 2. The number of nitrogens with one attached hydrogen (secondary N) is 2. The molecule has 3 rings (SSSR count). The van der Waals surface area contributed by atoms with Crippen LogP contribution in [0, 0.1) is 23.3 Å². The largest absolute Gasteiger partial charge is 0.378 e. The topological polar surface area (TPSA) is 96.2 Å². The van der Waals surface area contributed by atoms with E-state index in [-0.39, 0.29) is 5.82 Å². The molecule has 11 heteroatoms. The Hall–Kier alpha value is -3.73. The standard InChI is InChI=1S/C27H30F4N4O3/c1-14(32-25(38)23(36)18-8-7-9-19(30)22(18)31)24(37)33-21-13-20(34-35(21)26(2,3)4)27(5,6)15-10-16(28)12-17(29)11-15/h7-14,23,36H,1-6H3,(H,32,38)(H,33,37)/t14-,23-/m0/s1. The molecule has 0 aliphatic heterocycles. The van der Waals surface area contributed by atoms with Crippen molar-refractivity contribution < 1.29 is 32.3 Å². The lowest BCUT2D eigenvalue weighted by atomic mass is 9.81. The Labute approximate surface area is 217 Å². The molecule has 1 aromatic heterocycles. The Bertz CT molecular complexity index is 1340. The van der Waals surface area contributed by atoms with Gasteiger partial charge >= 0.3 is 0 Å². The molecule has 3 N–H and O–H groups in total. The molecule has 0 aliphatic rings. The van der Waals surface area contributed by atoms with Crippen LogP contribution in [0.25, 0.3) is 0 Å². The van der Waals surface area contributed by atoms with Gasteiger partial charge in [-0.05, 0) is 51.5 Å². The Morgan fingerprint density at radius 1 is 0.947 bits per heavy atom. The summed E-state index contributed by atoms with van der Waals surface area (Å²) in [6.07, 6.45) is -2.04. The first-order valence-corrected chi connectivity index (χ1v) is 11.8. The van der Waals surface area contributed by atoms with E-state index in [1.165, 1.54) is 23.7 Å². The zero-order valence-corrected chi connectivity index (χ0v) is 21.9. The lowest BCUT2D eigenvalue weighted by molar-refractivity contribution is -0.132. The van der Waals surface area contributed by atoms with Gasteiger partial charge in [-0.1, -0.05) is 26.0 Å². The molecule has 0 bridgehead atoms. The molecule has 7 nitrogen and oxygen atoms in total. The predicted octanol–water partition coefficient (Wildman–Crippen LogP) is 4.70. The van der Waals surface area contributed by atoms with Crippen LogP contribution in [0.15, 0.2) is 42.5 Å². The Morgan fingerprint density at radius 2 is 1.55 bits per heavy atom. The first-order chi connectivity index (χ1) is 17.5. The smallest absolute Gasteiger partial charge is 0.254 e. The first-order valence-electron chi connectivity index (χ1n) is 11.8. The summed E-state index contributed by atoms with van der Waals surface area (Å²) in [5.74, 6) is -5.60. The third kappa shape index (κ3) is 6.04. The average molecular weight is 535 g/mol. The summed E-state index contributed by atoms with van der Waals surface area (Å²) in [4.78, 5) is 25.4. The summed E-state index contributed by atoms with van der Waals surface area (Å²) < 4.78 is 56.8. The van der Waals surface area contributed by atoms with Crippen LogP contribution in [-0.2, 0) is 20.5 Å². The second-order valence-corrected chi connectivity index (χ2v) is 10.5. The molecule has 0 radical (unpaired) electrons. The molecule has 0 aliphatic carbocycles. The lowest BCUT2D eigenvalue weighted by Crippen LogP contribution is -2.44. The van der Waals surface area contributed by atoms with Crippen molar-refractivity contribution in [2.75, 3.05) is 5.32 Å². The SMILES string of the molecule is C[C@H](NC(=O)[C@@H](O)c1cccc(F)c1F)C(=O)Nc1cc(C(C)(C)c2cc(F)cc(F)c2)nn1C(C)(C)C. The molecule has 2 aromatic carbocycles. The fourth-order valence-corrected chi connectivity index (χ4v) is 3.81. The first kappa shape index (κ1) is 28.8. The lowest BCUT2D eigenvalue weighted by Gasteiger charge is -2.25. The summed E-state index contributed by atoms with van der Waals surface area (Å²) in [6, 6.07) is 6.62. The van der Waals surface area contributed by atoms with Gasteiger partial charge in [0.2, 0.25) is 5.91 Å². The van der Waals surface area contributed by atoms with Crippen molar-refractivity contribution in [1.29, 1.82) is 0 Å². The van der Waals surface area contributed by atoms with Gasteiger partial charge < -0.3 is 15.7 Å². The van der Waals surface area contributed by atoms with Crippen molar-refractivity contribution in [3.05, 3.63) is 82.6 Å². The number of nitrogens with zero attached hydrogens (tertiary/aromatic N) is 2. The Balaban J connectivity index is 1.84. The number of hydrogen-bond donors (Lipinski definition) is 3. The average Bonchev–Trinajstić information content (AvgIpc) is 3.25. The van der Waals surface area contributed by atoms with E-state index in [0.29, 0.717) is 11.3 Å². The summed E-state index contributed by atoms with van der Waals surface area (Å²) in [7, 11) is 0. The minimum atomic E-state index is -2.04. The van der Waals surface area contributed by atoms with E-state index in [4.69, 9.17) is 0 Å². The molecule has 0 saturated heterocycles. The van der Waals surface area contributed by atoms with Gasteiger partial charge in [0.05, 0.1) is 11.2 Å². The number of anilines is 1. The van der Waals surface area contributed by atoms with Gasteiger partial charge in [-0.3, -0.25) is 9.59 Å². The number of halogens is 4. The summed E-state index contributed by atoms with van der Waals surface area (Å²) >= 11 is 0. The fraction of sp³-hybridized carbons (Fsp3) is 0.370. The van der Waals surface area contributed by atoms with Crippen molar-refractivity contribution in [3.8, 4) is 0 Å². The van der Waals surface area contributed by atoms with E-state index < -0.39 is 63.7 Å². The number of aliphatic hydroxyl groups excluding tert-OH is 1. The fourth-order valence-electron chi connectivity index (χ4n) is 3.81. The molecular formula is C27H30F4N4O3. The van der Waals surface area contributed by atoms with Crippen molar-refractivity contribution in [3.63, 3.8) is 0 Å². The molecule has 0 fully saturated rings. The number of aromatic nitrogens is 2. The van der Waals surface area contributed by atoms with E-state index in [9.17, 15) is 32.3 Å². The number of aliphatic hydroxyl groups is 1. The molecule has 2 amide bonds. The number of hydrogen-bond acceptors (Lipinski definition) is 4. The molecule has 1 heterocycles.